The fraction of sp³-hybridized carbons (Fsp3) is 0.538. The maximum Gasteiger partial charge on any atom is 0.0636 e. The van der Waals surface area contributed by atoms with E-state index in [-0.39, 0.29) is 6.10 Å². The molecule has 1 aromatic carbocycles. The van der Waals surface area contributed by atoms with Crippen LogP contribution in [0.4, 0.5) is 0 Å². The molecule has 0 aromatic heterocycles. The van der Waals surface area contributed by atoms with E-state index in [1.54, 1.807) is 18.7 Å². The second kappa shape index (κ2) is 6.94. The zero-order chi connectivity index (χ0) is 12.0. The summed E-state index contributed by atoms with van der Waals surface area (Å²) < 4.78 is 0. The van der Waals surface area contributed by atoms with Gasteiger partial charge in [-0.05, 0) is 38.2 Å². The Morgan fingerprint density at radius 3 is 2.62 bits per heavy atom. The molecule has 16 heavy (non-hydrogen) atoms. The van der Waals surface area contributed by atoms with Crippen molar-refractivity contribution in [2.75, 3.05) is 12.8 Å². The van der Waals surface area contributed by atoms with Gasteiger partial charge in [0.15, 0.2) is 0 Å². The molecule has 1 unspecified atom stereocenters. The largest absolute Gasteiger partial charge is 0.392 e. The Labute approximate surface area is 102 Å². The van der Waals surface area contributed by atoms with Crippen LogP contribution in [0.5, 0.6) is 0 Å². The lowest BCUT2D eigenvalue weighted by Gasteiger charge is -2.16. The number of hydrogen-bond donors (Lipinski definition) is 2. The van der Waals surface area contributed by atoms with Crippen LogP contribution in [0.1, 0.15) is 19.4 Å². The van der Waals surface area contributed by atoms with Crippen molar-refractivity contribution in [3.05, 3.63) is 29.8 Å². The Morgan fingerprint density at radius 2 is 2.00 bits per heavy atom. The molecule has 2 nitrogen and oxygen atoms in total. The van der Waals surface area contributed by atoms with Crippen molar-refractivity contribution in [2.24, 2.45) is 0 Å². The smallest absolute Gasteiger partial charge is 0.0636 e. The van der Waals surface area contributed by atoms with Gasteiger partial charge in [0.05, 0.1) is 6.10 Å². The molecule has 0 spiro atoms. The summed E-state index contributed by atoms with van der Waals surface area (Å²) in [6, 6.07) is 8.87. The van der Waals surface area contributed by atoms with Crippen LogP contribution in [-0.2, 0) is 6.42 Å². The third-order valence-electron chi connectivity index (χ3n) is 2.48. The van der Waals surface area contributed by atoms with E-state index in [4.69, 9.17) is 0 Å². The summed E-state index contributed by atoms with van der Waals surface area (Å²) in [5, 5.41) is 12.5. The maximum absolute atomic E-state index is 9.20. The van der Waals surface area contributed by atoms with Crippen LogP contribution >= 0.6 is 11.8 Å². The first kappa shape index (κ1) is 13.6. The third kappa shape index (κ3) is 4.56. The topological polar surface area (TPSA) is 32.3 Å². The van der Waals surface area contributed by atoms with Crippen molar-refractivity contribution in [1.82, 2.24) is 5.32 Å². The summed E-state index contributed by atoms with van der Waals surface area (Å²) in [5.74, 6) is 0. The van der Waals surface area contributed by atoms with Gasteiger partial charge >= 0.3 is 0 Å². The highest BCUT2D eigenvalue weighted by Gasteiger charge is 2.07. The molecule has 90 valence electrons. The fourth-order valence-electron chi connectivity index (χ4n) is 1.65. The van der Waals surface area contributed by atoms with Crippen molar-refractivity contribution >= 4 is 11.8 Å². The first-order valence-corrected chi connectivity index (χ1v) is 6.89. The molecular weight excluding hydrogens is 218 g/mol. The van der Waals surface area contributed by atoms with Crippen LogP contribution in [0.3, 0.4) is 0 Å². The van der Waals surface area contributed by atoms with E-state index in [2.05, 4.69) is 42.8 Å². The van der Waals surface area contributed by atoms with Gasteiger partial charge in [0, 0.05) is 17.5 Å². The van der Waals surface area contributed by atoms with Gasteiger partial charge in [-0.2, -0.15) is 0 Å². The third-order valence-corrected chi connectivity index (χ3v) is 3.32. The van der Waals surface area contributed by atoms with E-state index in [0.29, 0.717) is 12.6 Å². The Kier molecular flexibility index (Phi) is 5.88. The minimum atomic E-state index is -0.279. The second-order valence-electron chi connectivity index (χ2n) is 4.17. The molecule has 0 aliphatic carbocycles. The normalized spacial score (nSPS) is 14.8. The molecule has 3 heteroatoms. The molecule has 0 aliphatic rings. The van der Waals surface area contributed by atoms with Crippen molar-refractivity contribution in [1.29, 1.82) is 0 Å². The average Bonchev–Trinajstić information content (AvgIpc) is 2.27. The van der Waals surface area contributed by atoms with E-state index in [9.17, 15) is 5.11 Å². The molecule has 0 fully saturated rings. The lowest BCUT2D eigenvalue weighted by Crippen LogP contribution is -2.33. The van der Waals surface area contributed by atoms with Gasteiger partial charge in [-0.15, -0.1) is 11.8 Å². The van der Waals surface area contributed by atoms with E-state index < -0.39 is 0 Å². The van der Waals surface area contributed by atoms with E-state index >= 15 is 0 Å². The number of benzene rings is 1. The molecule has 1 aromatic rings. The van der Waals surface area contributed by atoms with Crippen LogP contribution in [0.2, 0.25) is 0 Å². The molecule has 0 amide bonds. The molecular formula is C13H21NOS. The molecule has 0 heterocycles. The van der Waals surface area contributed by atoms with Crippen LogP contribution in [-0.4, -0.2) is 30.1 Å². The number of hydrogen-bond acceptors (Lipinski definition) is 3. The minimum absolute atomic E-state index is 0.279. The van der Waals surface area contributed by atoms with Gasteiger partial charge in [0.1, 0.15) is 0 Å². The number of rotatable bonds is 6. The van der Waals surface area contributed by atoms with Crippen LogP contribution < -0.4 is 5.32 Å². The van der Waals surface area contributed by atoms with Gasteiger partial charge in [-0.1, -0.05) is 18.2 Å². The van der Waals surface area contributed by atoms with Crippen LogP contribution in [0, 0.1) is 0 Å². The van der Waals surface area contributed by atoms with Gasteiger partial charge in [0.25, 0.3) is 0 Å². The Hall–Kier alpha value is -0.510. The minimum Gasteiger partial charge on any atom is -0.392 e. The number of aliphatic hydroxyl groups is 1. The predicted molar refractivity (Wildman–Crippen MR) is 71.1 cm³/mol. The monoisotopic (exact) mass is 239 g/mol. The summed E-state index contributed by atoms with van der Waals surface area (Å²) in [4.78, 5) is 1.34. The molecule has 2 atom stereocenters. The van der Waals surface area contributed by atoms with Crippen LogP contribution in [0.25, 0.3) is 0 Å². The molecule has 0 saturated heterocycles. The first-order chi connectivity index (χ1) is 7.63. The fourth-order valence-corrected chi connectivity index (χ4v) is 2.27. The van der Waals surface area contributed by atoms with E-state index in [1.807, 2.05) is 0 Å². The summed E-state index contributed by atoms with van der Waals surface area (Å²) in [6.45, 7) is 4.61. The van der Waals surface area contributed by atoms with Gasteiger partial charge in [-0.25, -0.2) is 0 Å². The standard InChI is InChI=1S/C13H21NOS/c1-10(14-9-11(2)15)8-12-6-4-5-7-13(12)16-3/h4-7,10-11,14-15H,8-9H2,1-3H3/t10?,11-/m0/s1. The molecule has 0 aliphatic heterocycles. The summed E-state index contributed by atoms with van der Waals surface area (Å²) in [7, 11) is 0. The number of nitrogens with one attached hydrogen (secondary N) is 1. The van der Waals surface area contributed by atoms with Gasteiger partial charge in [0.2, 0.25) is 0 Å². The summed E-state index contributed by atoms with van der Waals surface area (Å²) in [5.41, 5.74) is 1.38. The van der Waals surface area contributed by atoms with Gasteiger partial charge in [-0.3, -0.25) is 0 Å². The van der Waals surface area contributed by atoms with Crippen molar-refractivity contribution < 1.29 is 5.11 Å². The lowest BCUT2D eigenvalue weighted by atomic mass is 10.1. The predicted octanol–water partition coefficient (Wildman–Crippen LogP) is 2.31. The number of aliphatic hydroxyl groups excluding tert-OH is 1. The zero-order valence-electron chi connectivity index (χ0n) is 10.2. The summed E-state index contributed by atoms with van der Waals surface area (Å²) >= 11 is 1.78. The van der Waals surface area contributed by atoms with E-state index in [0.717, 1.165) is 6.42 Å². The van der Waals surface area contributed by atoms with E-state index in [1.165, 1.54) is 10.5 Å². The first-order valence-electron chi connectivity index (χ1n) is 5.66. The van der Waals surface area contributed by atoms with Crippen molar-refractivity contribution in [3.63, 3.8) is 0 Å². The van der Waals surface area contributed by atoms with Crippen molar-refractivity contribution in [3.8, 4) is 0 Å². The quantitative estimate of drug-likeness (QED) is 0.747. The summed E-state index contributed by atoms with van der Waals surface area (Å²) in [6.07, 6.45) is 2.83. The number of thioether (sulfide) groups is 1. The maximum atomic E-state index is 9.20. The van der Waals surface area contributed by atoms with Crippen molar-refractivity contribution in [2.45, 2.75) is 37.3 Å². The molecule has 0 radical (unpaired) electrons. The zero-order valence-corrected chi connectivity index (χ0v) is 11.1. The molecule has 2 N–H and O–H groups in total. The average molecular weight is 239 g/mol. The molecule has 1 rings (SSSR count). The second-order valence-corrected chi connectivity index (χ2v) is 5.02. The highest BCUT2D eigenvalue weighted by atomic mass is 32.2. The molecule has 0 saturated carbocycles. The molecule has 0 bridgehead atoms. The Bertz CT molecular complexity index is 315. The SMILES string of the molecule is CSc1ccccc1CC(C)NC[C@H](C)O. The highest BCUT2D eigenvalue weighted by molar-refractivity contribution is 7.98. The lowest BCUT2D eigenvalue weighted by molar-refractivity contribution is 0.187. The Morgan fingerprint density at radius 1 is 1.31 bits per heavy atom. The van der Waals surface area contributed by atoms with Gasteiger partial charge < -0.3 is 10.4 Å². The van der Waals surface area contributed by atoms with Crippen LogP contribution in [0.15, 0.2) is 29.2 Å². The Balaban J connectivity index is 2.51. The highest BCUT2D eigenvalue weighted by Crippen LogP contribution is 2.20.